The van der Waals surface area contributed by atoms with Gasteiger partial charge >= 0.3 is 6.01 Å². The summed E-state index contributed by atoms with van der Waals surface area (Å²) in [7, 11) is 0. The lowest BCUT2D eigenvalue weighted by atomic mass is 10.1. The van der Waals surface area contributed by atoms with Crippen LogP contribution in [0.1, 0.15) is 18.7 Å². The van der Waals surface area contributed by atoms with E-state index in [1.54, 1.807) is 6.92 Å². The summed E-state index contributed by atoms with van der Waals surface area (Å²) in [4.78, 5) is 16.8. The van der Waals surface area contributed by atoms with E-state index in [1.807, 2.05) is 4.90 Å². The van der Waals surface area contributed by atoms with Gasteiger partial charge in [0.1, 0.15) is 6.04 Å². The van der Waals surface area contributed by atoms with Gasteiger partial charge in [0.15, 0.2) is 0 Å². The fraction of sp³-hybridized carbons (Fsp3) is 0.786. The standard InChI is InChI=1S/C14H23N5O3/c1-11-16-17-14(22-11)15-12-3-2-4-19(13(12)20)6-5-18-7-9-21-10-8-18/h12H,2-10H2,1H3,(H,15,17). The molecular formula is C14H23N5O3. The van der Waals surface area contributed by atoms with Crippen LogP contribution < -0.4 is 5.32 Å². The molecule has 0 bridgehead atoms. The Labute approximate surface area is 129 Å². The number of nitrogens with one attached hydrogen (secondary N) is 1. The van der Waals surface area contributed by atoms with E-state index in [4.69, 9.17) is 9.15 Å². The lowest BCUT2D eigenvalue weighted by Gasteiger charge is -2.34. The van der Waals surface area contributed by atoms with E-state index < -0.39 is 0 Å². The van der Waals surface area contributed by atoms with Crippen LogP contribution in [-0.2, 0) is 9.53 Å². The van der Waals surface area contributed by atoms with Crippen LogP contribution in [0, 0.1) is 6.92 Å². The predicted molar refractivity (Wildman–Crippen MR) is 79.5 cm³/mol. The maximum Gasteiger partial charge on any atom is 0.316 e. The quantitative estimate of drug-likeness (QED) is 0.826. The number of aryl methyl sites for hydroxylation is 1. The van der Waals surface area contributed by atoms with E-state index in [0.29, 0.717) is 11.9 Å². The molecule has 0 saturated carbocycles. The molecule has 2 aliphatic heterocycles. The molecule has 1 N–H and O–H groups in total. The maximum absolute atomic E-state index is 12.5. The molecule has 0 spiro atoms. The second-order valence-electron chi connectivity index (χ2n) is 5.74. The topological polar surface area (TPSA) is 83.7 Å². The third-order valence-electron chi connectivity index (χ3n) is 4.14. The molecule has 2 fully saturated rings. The molecule has 8 nitrogen and oxygen atoms in total. The third-order valence-corrected chi connectivity index (χ3v) is 4.14. The minimum atomic E-state index is -0.265. The third kappa shape index (κ3) is 3.75. The van der Waals surface area contributed by atoms with Gasteiger partial charge in [0.25, 0.3) is 0 Å². The summed E-state index contributed by atoms with van der Waals surface area (Å²) in [6.07, 6.45) is 1.79. The van der Waals surface area contributed by atoms with Crippen LogP contribution in [0.5, 0.6) is 0 Å². The summed E-state index contributed by atoms with van der Waals surface area (Å²) < 4.78 is 10.6. The molecule has 122 valence electrons. The minimum absolute atomic E-state index is 0.121. The second kappa shape index (κ2) is 7.06. The molecule has 0 aromatic carbocycles. The number of rotatable bonds is 5. The van der Waals surface area contributed by atoms with Crippen LogP contribution in [0.3, 0.4) is 0 Å². The molecule has 2 saturated heterocycles. The summed E-state index contributed by atoms with van der Waals surface area (Å²) >= 11 is 0. The minimum Gasteiger partial charge on any atom is -0.408 e. The van der Waals surface area contributed by atoms with Crippen molar-refractivity contribution in [3.8, 4) is 0 Å². The van der Waals surface area contributed by atoms with Gasteiger partial charge in [-0.25, -0.2) is 0 Å². The highest BCUT2D eigenvalue weighted by Gasteiger charge is 2.29. The predicted octanol–water partition coefficient (Wildman–Crippen LogP) is 0.113. The Morgan fingerprint density at radius 3 is 2.77 bits per heavy atom. The summed E-state index contributed by atoms with van der Waals surface area (Å²) in [5, 5.41) is 10.7. The number of nitrogens with zero attached hydrogens (tertiary/aromatic N) is 4. The van der Waals surface area contributed by atoms with Crippen molar-refractivity contribution in [2.75, 3.05) is 51.3 Å². The Morgan fingerprint density at radius 1 is 1.23 bits per heavy atom. The van der Waals surface area contributed by atoms with Gasteiger partial charge in [-0.2, -0.15) is 0 Å². The largest absolute Gasteiger partial charge is 0.408 e. The Morgan fingerprint density at radius 2 is 2.05 bits per heavy atom. The van der Waals surface area contributed by atoms with Gasteiger partial charge in [-0.05, 0) is 12.8 Å². The van der Waals surface area contributed by atoms with E-state index in [2.05, 4.69) is 20.4 Å². The molecule has 0 aliphatic carbocycles. The van der Waals surface area contributed by atoms with Crippen molar-refractivity contribution in [3.05, 3.63) is 5.89 Å². The van der Waals surface area contributed by atoms with E-state index in [9.17, 15) is 4.79 Å². The van der Waals surface area contributed by atoms with Crippen molar-refractivity contribution in [2.24, 2.45) is 0 Å². The number of carbonyl (C=O) groups excluding carboxylic acids is 1. The Balaban J connectivity index is 1.50. The van der Waals surface area contributed by atoms with Gasteiger partial charge in [-0.3, -0.25) is 9.69 Å². The van der Waals surface area contributed by atoms with Crippen LogP contribution in [0.2, 0.25) is 0 Å². The number of anilines is 1. The van der Waals surface area contributed by atoms with E-state index in [-0.39, 0.29) is 11.9 Å². The molecule has 1 atom stereocenters. The number of ether oxygens (including phenoxy) is 1. The highest BCUT2D eigenvalue weighted by Crippen LogP contribution is 2.16. The van der Waals surface area contributed by atoms with Crippen LogP contribution in [0.15, 0.2) is 4.42 Å². The van der Waals surface area contributed by atoms with Gasteiger partial charge in [0.05, 0.1) is 13.2 Å². The second-order valence-corrected chi connectivity index (χ2v) is 5.74. The number of carbonyl (C=O) groups is 1. The number of morpholine rings is 1. The lowest BCUT2D eigenvalue weighted by molar-refractivity contribution is -0.134. The lowest BCUT2D eigenvalue weighted by Crippen LogP contribution is -2.50. The molecular weight excluding hydrogens is 286 g/mol. The first-order valence-corrected chi connectivity index (χ1v) is 7.88. The number of likely N-dealkylation sites (tertiary alicyclic amines) is 1. The molecule has 3 heterocycles. The SMILES string of the molecule is Cc1nnc(NC2CCCN(CCN3CCOCC3)C2=O)o1. The van der Waals surface area contributed by atoms with Gasteiger partial charge in [0, 0.05) is 39.6 Å². The molecule has 0 radical (unpaired) electrons. The van der Waals surface area contributed by atoms with Crippen LogP contribution >= 0.6 is 0 Å². The van der Waals surface area contributed by atoms with Gasteiger partial charge in [0.2, 0.25) is 11.8 Å². The van der Waals surface area contributed by atoms with E-state index in [0.717, 1.165) is 58.8 Å². The Hall–Kier alpha value is -1.67. The molecule has 3 rings (SSSR count). The van der Waals surface area contributed by atoms with Crippen molar-refractivity contribution in [1.82, 2.24) is 20.0 Å². The van der Waals surface area contributed by atoms with Crippen molar-refractivity contribution in [1.29, 1.82) is 0 Å². The first-order valence-electron chi connectivity index (χ1n) is 7.88. The van der Waals surface area contributed by atoms with E-state index >= 15 is 0 Å². The smallest absolute Gasteiger partial charge is 0.316 e. The van der Waals surface area contributed by atoms with Crippen LogP contribution in [-0.4, -0.2) is 77.9 Å². The molecule has 2 aliphatic rings. The maximum atomic E-state index is 12.5. The summed E-state index contributed by atoms with van der Waals surface area (Å²) in [6.45, 7) is 7.69. The van der Waals surface area contributed by atoms with Crippen molar-refractivity contribution >= 4 is 11.9 Å². The van der Waals surface area contributed by atoms with E-state index in [1.165, 1.54) is 0 Å². The molecule has 22 heavy (non-hydrogen) atoms. The first-order chi connectivity index (χ1) is 10.7. The van der Waals surface area contributed by atoms with Crippen LogP contribution in [0.25, 0.3) is 0 Å². The first kappa shape index (κ1) is 15.2. The number of piperidine rings is 1. The van der Waals surface area contributed by atoms with Crippen molar-refractivity contribution in [3.63, 3.8) is 0 Å². The van der Waals surface area contributed by atoms with Gasteiger partial charge in [-0.15, -0.1) is 5.10 Å². The fourth-order valence-electron chi connectivity index (χ4n) is 2.89. The molecule has 1 amide bonds. The average Bonchev–Trinajstić information content (AvgIpc) is 2.94. The highest BCUT2D eigenvalue weighted by molar-refractivity contribution is 5.84. The zero-order valence-electron chi connectivity index (χ0n) is 13.0. The van der Waals surface area contributed by atoms with Gasteiger partial charge in [-0.1, -0.05) is 5.10 Å². The summed E-state index contributed by atoms with van der Waals surface area (Å²) in [5.41, 5.74) is 0. The summed E-state index contributed by atoms with van der Waals surface area (Å²) in [6, 6.07) is 0.0594. The number of hydrogen-bond donors (Lipinski definition) is 1. The van der Waals surface area contributed by atoms with Crippen molar-refractivity contribution in [2.45, 2.75) is 25.8 Å². The normalized spacial score (nSPS) is 23.8. The zero-order valence-corrected chi connectivity index (χ0v) is 13.0. The van der Waals surface area contributed by atoms with Crippen molar-refractivity contribution < 1.29 is 13.9 Å². The Bertz CT molecular complexity index is 500. The van der Waals surface area contributed by atoms with Crippen LogP contribution in [0.4, 0.5) is 6.01 Å². The monoisotopic (exact) mass is 309 g/mol. The average molecular weight is 309 g/mol. The fourth-order valence-corrected chi connectivity index (χ4v) is 2.89. The number of aromatic nitrogens is 2. The number of hydrogen-bond acceptors (Lipinski definition) is 7. The zero-order chi connectivity index (χ0) is 15.4. The highest BCUT2D eigenvalue weighted by atomic mass is 16.5. The van der Waals surface area contributed by atoms with Gasteiger partial charge < -0.3 is 19.4 Å². The summed E-state index contributed by atoms with van der Waals surface area (Å²) in [5.74, 6) is 0.616. The molecule has 8 heteroatoms. The number of amides is 1. The Kier molecular flexibility index (Phi) is 4.89. The molecule has 1 unspecified atom stereocenters. The molecule has 1 aromatic heterocycles. The molecule has 1 aromatic rings.